The Bertz CT molecular complexity index is 483. The molecule has 0 amide bonds. The largest absolute Gasteiger partial charge is 0.477 e. The van der Waals surface area contributed by atoms with E-state index in [1.54, 1.807) is 6.07 Å². The number of carboxylic acids is 1. The van der Waals surface area contributed by atoms with Crippen LogP contribution in [0.15, 0.2) is 18.2 Å². The minimum atomic E-state index is -0.974. The number of pyridine rings is 1. The second-order valence-corrected chi connectivity index (χ2v) is 5.51. The smallest absolute Gasteiger partial charge is 0.354 e. The van der Waals surface area contributed by atoms with E-state index in [0.717, 1.165) is 45.0 Å². The summed E-state index contributed by atoms with van der Waals surface area (Å²) < 4.78 is 5.54. The standard InChI is InChI=1S/C14H18N2O3/c17-13(18)11-3-1-4-12(15-11)16-7-2-5-14(9-16)6-8-19-10-14/h1,3-4H,2,5-10H2,(H,17,18). The van der Waals surface area contributed by atoms with Gasteiger partial charge in [-0.05, 0) is 31.4 Å². The van der Waals surface area contributed by atoms with Crippen LogP contribution in [0.4, 0.5) is 5.82 Å². The van der Waals surface area contributed by atoms with Crippen molar-refractivity contribution in [2.45, 2.75) is 19.3 Å². The molecule has 5 nitrogen and oxygen atoms in total. The van der Waals surface area contributed by atoms with E-state index in [1.165, 1.54) is 12.5 Å². The van der Waals surface area contributed by atoms with Crippen LogP contribution in [0.25, 0.3) is 0 Å². The fourth-order valence-corrected chi connectivity index (χ4v) is 3.09. The van der Waals surface area contributed by atoms with E-state index < -0.39 is 5.97 Å². The molecule has 3 rings (SSSR count). The first-order valence-corrected chi connectivity index (χ1v) is 6.72. The Balaban J connectivity index is 1.81. The second-order valence-electron chi connectivity index (χ2n) is 5.51. The number of carboxylic acid groups (broad SMARTS) is 1. The number of anilines is 1. The number of nitrogens with zero attached hydrogens (tertiary/aromatic N) is 2. The van der Waals surface area contributed by atoms with Gasteiger partial charge in [0.25, 0.3) is 0 Å². The molecule has 0 aromatic carbocycles. The summed E-state index contributed by atoms with van der Waals surface area (Å²) >= 11 is 0. The minimum Gasteiger partial charge on any atom is -0.477 e. The van der Waals surface area contributed by atoms with Gasteiger partial charge >= 0.3 is 5.97 Å². The van der Waals surface area contributed by atoms with Gasteiger partial charge < -0.3 is 14.7 Å². The molecule has 0 bridgehead atoms. The SMILES string of the molecule is O=C(O)c1cccc(N2CCCC3(CCOC3)C2)n1. The van der Waals surface area contributed by atoms with Crippen LogP contribution in [0, 0.1) is 5.41 Å². The van der Waals surface area contributed by atoms with Crippen molar-refractivity contribution in [3.8, 4) is 0 Å². The maximum absolute atomic E-state index is 11.0. The summed E-state index contributed by atoms with van der Waals surface area (Å²) in [6.07, 6.45) is 3.41. The summed E-state index contributed by atoms with van der Waals surface area (Å²) in [7, 11) is 0. The lowest BCUT2D eigenvalue weighted by atomic mass is 9.79. The van der Waals surface area contributed by atoms with Crippen LogP contribution in [0.3, 0.4) is 0 Å². The van der Waals surface area contributed by atoms with E-state index in [1.807, 2.05) is 6.07 Å². The van der Waals surface area contributed by atoms with Crippen molar-refractivity contribution in [1.82, 2.24) is 4.98 Å². The minimum absolute atomic E-state index is 0.111. The maximum Gasteiger partial charge on any atom is 0.354 e. The molecule has 0 aliphatic carbocycles. The number of aromatic carboxylic acids is 1. The first-order valence-electron chi connectivity index (χ1n) is 6.72. The molecule has 1 N–H and O–H groups in total. The fourth-order valence-electron chi connectivity index (χ4n) is 3.09. The van der Waals surface area contributed by atoms with Gasteiger partial charge in [-0.15, -0.1) is 0 Å². The van der Waals surface area contributed by atoms with E-state index in [0.29, 0.717) is 0 Å². The molecule has 1 spiro atoms. The van der Waals surface area contributed by atoms with Gasteiger partial charge in [-0.2, -0.15) is 0 Å². The van der Waals surface area contributed by atoms with Gasteiger partial charge in [-0.3, -0.25) is 0 Å². The normalized spacial score (nSPS) is 26.8. The van der Waals surface area contributed by atoms with E-state index in [-0.39, 0.29) is 11.1 Å². The van der Waals surface area contributed by atoms with Crippen molar-refractivity contribution in [1.29, 1.82) is 0 Å². The molecule has 1 aromatic heterocycles. The summed E-state index contributed by atoms with van der Waals surface area (Å²) in [5, 5.41) is 9.01. The molecule has 2 aliphatic rings. The third kappa shape index (κ3) is 2.42. The molecule has 3 heterocycles. The summed E-state index contributed by atoms with van der Waals surface area (Å²) in [6.45, 7) is 3.53. The fraction of sp³-hybridized carbons (Fsp3) is 0.571. The number of piperidine rings is 1. The molecule has 1 aromatic rings. The van der Waals surface area contributed by atoms with E-state index >= 15 is 0 Å². The maximum atomic E-state index is 11.0. The van der Waals surface area contributed by atoms with Gasteiger partial charge in [-0.1, -0.05) is 6.07 Å². The highest BCUT2D eigenvalue weighted by Crippen LogP contribution is 2.38. The number of rotatable bonds is 2. The number of aromatic nitrogens is 1. The lowest BCUT2D eigenvalue weighted by Crippen LogP contribution is -2.44. The van der Waals surface area contributed by atoms with Crippen LogP contribution >= 0.6 is 0 Å². The molecule has 5 heteroatoms. The van der Waals surface area contributed by atoms with Crippen molar-refractivity contribution < 1.29 is 14.6 Å². The first-order chi connectivity index (χ1) is 9.19. The monoisotopic (exact) mass is 262 g/mol. The molecule has 2 saturated heterocycles. The van der Waals surface area contributed by atoms with Gasteiger partial charge in [0, 0.05) is 25.1 Å². The summed E-state index contributed by atoms with van der Waals surface area (Å²) in [6, 6.07) is 5.18. The van der Waals surface area contributed by atoms with Crippen molar-refractivity contribution in [2.75, 3.05) is 31.2 Å². The van der Waals surface area contributed by atoms with Gasteiger partial charge in [0.05, 0.1) is 6.61 Å². The molecule has 0 radical (unpaired) electrons. The molecule has 102 valence electrons. The number of hydrogen-bond acceptors (Lipinski definition) is 4. The van der Waals surface area contributed by atoms with Crippen LogP contribution in [0.1, 0.15) is 29.8 Å². The Morgan fingerprint density at radius 3 is 3.05 bits per heavy atom. The molecular formula is C14H18N2O3. The highest BCUT2D eigenvalue weighted by Gasteiger charge is 2.39. The van der Waals surface area contributed by atoms with Crippen molar-refractivity contribution in [3.63, 3.8) is 0 Å². The number of carbonyl (C=O) groups is 1. The zero-order chi connectivity index (χ0) is 13.3. The molecule has 2 aliphatic heterocycles. The Kier molecular flexibility index (Phi) is 3.14. The molecule has 0 saturated carbocycles. The van der Waals surface area contributed by atoms with E-state index in [9.17, 15) is 4.79 Å². The van der Waals surface area contributed by atoms with Gasteiger partial charge in [0.15, 0.2) is 5.69 Å². The van der Waals surface area contributed by atoms with Crippen molar-refractivity contribution in [2.24, 2.45) is 5.41 Å². The average molecular weight is 262 g/mol. The van der Waals surface area contributed by atoms with Crippen LogP contribution < -0.4 is 4.90 Å². The Hall–Kier alpha value is -1.62. The van der Waals surface area contributed by atoms with Crippen molar-refractivity contribution >= 4 is 11.8 Å². The highest BCUT2D eigenvalue weighted by atomic mass is 16.5. The van der Waals surface area contributed by atoms with Crippen LogP contribution in [-0.2, 0) is 4.74 Å². The zero-order valence-corrected chi connectivity index (χ0v) is 10.8. The second kappa shape index (κ2) is 4.81. The van der Waals surface area contributed by atoms with Gasteiger partial charge in [0.2, 0.25) is 0 Å². The van der Waals surface area contributed by atoms with Crippen LogP contribution in [-0.4, -0.2) is 42.4 Å². The Morgan fingerprint density at radius 2 is 2.32 bits per heavy atom. The summed E-state index contributed by atoms with van der Waals surface area (Å²) in [4.78, 5) is 17.4. The lowest BCUT2D eigenvalue weighted by molar-refractivity contribution is 0.0690. The topological polar surface area (TPSA) is 62.7 Å². The van der Waals surface area contributed by atoms with Gasteiger partial charge in [0.1, 0.15) is 5.82 Å². The zero-order valence-electron chi connectivity index (χ0n) is 10.8. The third-order valence-electron chi connectivity index (χ3n) is 4.12. The first kappa shape index (κ1) is 12.4. The quantitative estimate of drug-likeness (QED) is 0.880. The Labute approximate surface area is 112 Å². The van der Waals surface area contributed by atoms with E-state index in [2.05, 4.69) is 9.88 Å². The summed E-state index contributed by atoms with van der Waals surface area (Å²) in [5.41, 5.74) is 0.360. The highest BCUT2D eigenvalue weighted by molar-refractivity contribution is 5.85. The van der Waals surface area contributed by atoms with Gasteiger partial charge in [-0.25, -0.2) is 9.78 Å². The molecule has 1 atom stereocenters. The number of ether oxygens (including phenoxy) is 1. The molecule has 1 unspecified atom stereocenters. The average Bonchev–Trinajstić information content (AvgIpc) is 2.87. The van der Waals surface area contributed by atoms with Crippen LogP contribution in [0.2, 0.25) is 0 Å². The predicted octanol–water partition coefficient (Wildman–Crippen LogP) is 1.79. The van der Waals surface area contributed by atoms with Crippen LogP contribution in [0.5, 0.6) is 0 Å². The third-order valence-corrected chi connectivity index (χ3v) is 4.12. The predicted molar refractivity (Wildman–Crippen MR) is 70.5 cm³/mol. The molecule has 2 fully saturated rings. The lowest BCUT2D eigenvalue weighted by Gasteiger charge is -2.40. The van der Waals surface area contributed by atoms with E-state index in [4.69, 9.17) is 9.84 Å². The number of hydrogen-bond donors (Lipinski definition) is 1. The Morgan fingerprint density at radius 1 is 1.42 bits per heavy atom. The molecule has 19 heavy (non-hydrogen) atoms. The summed E-state index contributed by atoms with van der Waals surface area (Å²) in [5.74, 6) is -0.205. The van der Waals surface area contributed by atoms with Crippen molar-refractivity contribution in [3.05, 3.63) is 23.9 Å². The molecular weight excluding hydrogens is 244 g/mol.